The summed E-state index contributed by atoms with van der Waals surface area (Å²) in [5, 5.41) is 7.06. The largest absolute Gasteiger partial charge is 0.375 e. The number of nitrogens with one attached hydrogen (secondary N) is 2. The van der Waals surface area contributed by atoms with Gasteiger partial charge in [-0.1, -0.05) is 18.2 Å². The number of halogens is 2. The minimum absolute atomic E-state index is 0. The summed E-state index contributed by atoms with van der Waals surface area (Å²) in [5.74, 6) is -0.0886. The first-order valence-electron chi connectivity index (χ1n) is 6.75. The standard InChI is InChI=1S/C15H17N3O2.2ClH/c1-10-14(16-6-7-20-10)15(19)18-12-8-11-4-2-3-5-13(11)17-9-12;;/h2-5,8-10,14,16H,6-7H2,1H3,(H,18,19);2*1H/t10-,14+;;/m1../s1. The van der Waals surface area contributed by atoms with Gasteiger partial charge in [0, 0.05) is 11.9 Å². The van der Waals surface area contributed by atoms with Gasteiger partial charge in [0.1, 0.15) is 6.04 Å². The van der Waals surface area contributed by atoms with Crippen molar-refractivity contribution in [2.75, 3.05) is 18.5 Å². The number of carbonyl (C=O) groups is 1. The molecule has 0 bridgehead atoms. The highest BCUT2D eigenvalue weighted by molar-refractivity contribution is 5.96. The predicted octanol–water partition coefficient (Wildman–Crippen LogP) is 2.39. The van der Waals surface area contributed by atoms with Crippen LogP contribution < -0.4 is 10.6 Å². The van der Waals surface area contributed by atoms with Crippen molar-refractivity contribution in [1.29, 1.82) is 0 Å². The van der Waals surface area contributed by atoms with E-state index in [4.69, 9.17) is 4.74 Å². The van der Waals surface area contributed by atoms with Gasteiger partial charge in [0.15, 0.2) is 0 Å². The molecule has 1 amide bonds. The molecule has 0 aliphatic carbocycles. The van der Waals surface area contributed by atoms with E-state index in [9.17, 15) is 4.79 Å². The summed E-state index contributed by atoms with van der Waals surface area (Å²) in [6, 6.07) is 9.42. The van der Waals surface area contributed by atoms with Crippen molar-refractivity contribution in [3.05, 3.63) is 36.5 Å². The molecule has 0 spiro atoms. The third-order valence-electron chi connectivity index (χ3n) is 3.46. The predicted molar refractivity (Wildman–Crippen MR) is 92.1 cm³/mol. The lowest BCUT2D eigenvalue weighted by atomic mass is 10.1. The van der Waals surface area contributed by atoms with Gasteiger partial charge < -0.3 is 15.4 Å². The SMILES string of the molecule is C[C@H]1OCCN[C@@H]1C(=O)Nc1cnc2ccccc2c1.Cl.Cl. The molecule has 22 heavy (non-hydrogen) atoms. The van der Waals surface area contributed by atoms with Crippen LogP contribution in [0.2, 0.25) is 0 Å². The number of amides is 1. The zero-order valence-electron chi connectivity index (χ0n) is 12.1. The van der Waals surface area contributed by atoms with Crippen LogP contribution in [0.15, 0.2) is 36.5 Å². The van der Waals surface area contributed by atoms with Crippen LogP contribution in [0.4, 0.5) is 5.69 Å². The van der Waals surface area contributed by atoms with Crippen molar-refractivity contribution >= 4 is 47.3 Å². The fourth-order valence-electron chi connectivity index (χ4n) is 2.39. The number of anilines is 1. The monoisotopic (exact) mass is 343 g/mol. The highest BCUT2D eigenvalue weighted by atomic mass is 35.5. The zero-order valence-corrected chi connectivity index (χ0v) is 13.7. The Hall–Kier alpha value is -1.40. The maximum atomic E-state index is 12.2. The minimum atomic E-state index is -0.324. The van der Waals surface area contributed by atoms with E-state index >= 15 is 0 Å². The van der Waals surface area contributed by atoms with Crippen LogP contribution in [0.3, 0.4) is 0 Å². The highest BCUT2D eigenvalue weighted by Gasteiger charge is 2.28. The number of hydrogen-bond acceptors (Lipinski definition) is 4. The van der Waals surface area contributed by atoms with E-state index in [1.54, 1.807) is 6.20 Å². The van der Waals surface area contributed by atoms with E-state index in [0.29, 0.717) is 18.8 Å². The number of aromatic nitrogens is 1. The summed E-state index contributed by atoms with van der Waals surface area (Å²) < 4.78 is 5.48. The molecule has 2 heterocycles. The molecule has 1 aliphatic heterocycles. The Morgan fingerprint density at radius 2 is 2.14 bits per heavy atom. The van der Waals surface area contributed by atoms with E-state index in [1.807, 2.05) is 37.3 Å². The van der Waals surface area contributed by atoms with Crippen molar-refractivity contribution in [2.24, 2.45) is 0 Å². The number of ether oxygens (including phenoxy) is 1. The summed E-state index contributed by atoms with van der Waals surface area (Å²) in [7, 11) is 0. The van der Waals surface area contributed by atoms with Crippen molar-refractivity contribution in [2.45, 2.75) is 19.1 Å². The van der Waals surface area contributed by atoms with Gasteiger partial charge in [-0.2, -0.15) is 0 Å². The van der Waals surface area contributed by atoms with E-state index in [1.165, 1.54) is 0 Å². The zero-order chi connectivity index (χ0) is 13.9. The van der Waals surface area contributed by atoms with Crippen LogP contribution in [0.1, 0.15) is 6.92 Å². The van der Waals surface area contributed by atoms with Crippen molar-refractivity contribution in [1.82, 2.24) is 10.3 Å². The summed E-state index contributed by atoms with van der Waals surface area (Å²) in [6.45, 7) is 3.23. The van der Waals surface area contributed by atoms with Crippen LogP contribution >= 0.6 is 24.8 Å². The fourth-order valence-corrected chi connectivity index (χ4v) is 2.39. The Morgan fingerprint density at radius 1 is 1.36 bits per heavy atom. The molecular weight excluding hydrogens is 325 g/mol. The van der Waals surface area contributed by atoms with Gasteiger partial charge in [0.2, 0.25) is 5.91 Å². The van der Waals surface area contributed by atoms with E-state index in [0.717, 1.165) is 10.9 Å². The summed E-state index contributed by atoms with van der Waals surface area (Å²) in [6.07, 6.45) is 1.55. The Morgan fingerprint density at radius 3 is 2.91 bits per heavy atom. The Balaban J connectivity index is 0.00000121. The summed E-state index contributed by atoms with van der Waals surface area (Å²) in [4.78, 5) is 16.6. The number of nitrogens with zero attached hydrogens (tertiary/aromatic N) is 1. The van der Waals surface area contributed by atoms with Crippen LogP contribution in [0.25, 0.3) is 10.9 Å². The minimum Gasteiger partial charge on any atom is -0.375 e. The first-order valence-corrected chi connectivity index (χ1v) is 6.75. The molecule has 5 nitrogen and oxygen atoms in total. The molecule has 7 heteroatoms. The van der Waals surface area contributed by atoms with Gasteiger partial charge >= 0.3 is 0 Å². The second kappa shape index (κ2) is 8.29. The van der Waals surface area contributed by atoms with Gasteiger partial charge in [0.05, 0.1) is 30.1 Å². The molecule has 120 valence electrons. The molecule has 1 aromatic carbocycles. The van der Waals surface area contributed by atoms with Crippen LogP contribution in [-0.4, -0.2) is 36.2 Å². The van der Waals surface area contributed by atoms with Crippen LogP contribution in [0.5, 0.6) is 0 Å². The average molecular weight is 344 g/mol. The summed E-state index contributed by atoms with van der Waals surface area (Å²) in [5.41, 5.74) is 1.62. The first kappa shape index (κ1) is 18.6. The topological polar surface area (TPSA) is 63.2 Å². The number of morpholine rings is 1. The van der Waals surface area contributed by atoms with E-state index < -0.39 is 0 Å². The molecule has 0 radical (unpaired) electrons. The van der Waals surface area contributed by atoms with E-state index in [2.05, 4.69) is 15.6 Å². The molecule has 2 atom stereocenters. The number of fused-ring (bicyclic) bond motifs is 1. The lowest BCUT2D eigenvalue weighted by molar-refractivity contribution is -0.123. The maximum Gasteiger partial charge on any atom is 0.244 e. The average Bonchev–Trinajstić information content (AvgIpc) is 2.47. The van der Waals surface area contributed by atoms with Crippen molar-refractivity contribution < 1.29 is 9.53 Å². The molecule has 0 saturated carbocycles. The number of benzene rings is 1. The molecule has 1 aliphatic rings. The van der Waals surface area contributed by atoms with Gasteiger partial charge in [-0.25, -0.2) is 0 Å². The molecular formula is C15H19Cl2N3O2. The fraction of sp³-hybridized carbons (Fsp3) is 0.333. The molecule has 1 saturated heterocycles. The highest BCUT2D eigenvalue weighted by Crippen LogP contribution is 2.16. The maximum absolute atomic E-state index is 12.2. The molecule has 1 fully saturated rings. The van der Waals surface area contributed by atoms with Crippen molar-refractivity contribution in [3.63, 3.8) is 0 Å². The van der Waals surface area contributed by atoms with Crippen molar-refractivity contribution in [3.8, 4) is 0 Å². The van der Waals surface area contributed by atoms with Gasteiger partial charge in [-0.3, -0.25) is 9.78 Å². The Labute approximate surface area is 141 Å². The molecule has 0 unspecified atom stereocenters. The smallest absolute Gasteiger partial charge is 0.244 e. The first-order chi connectivity index (χ1) is 9.74. The molecule has 3 rings (SSSR count). The Kier molecular flexibility index (Phi) is 7.03. The van der Waals surface area contributed by atoms with Gasteiger partial charge in [0.25, 0.3) is 0 Å². The number of carbonyl (C=O) groups excluding carboxylic acids is 1. The molecule has 2 N–H and O–H groups in total. The number of pyridine rings is 1. The normalized spacial score (nSPS) is 20.6. The van der Waals surface area contributed by atoms with Gasteiger partial charge in [-0.15, -0.1) is 24.8 Å². The van der Waals surface area contributed by atoms with Gasteiger partial charge in [-0.05, 0) is 19.1 Å². The summed E-state index contributed by atoms with van der Waals surface area (Å²) >= 11 is 0. The lowest BCUT2D eigenvalue weighted by Gasteiger charge is -2.29. The number of hydrogen-bond donors (Lipinski definition) is 2. The second-order valence-electron chi connectivity index (χ2n) is 4.91. The molecule has 1 aromatic heterocycles. The third-order valence-corrected chi connectivity index (χ3v) is 3.46. The lowest BCUT2D eigenvalue weighted by Crippen LogP contribution is -2.53. The van der Waals surface area contributed by atoms with Crippen LogP contribution in [-0.2, 0) is 9.53 Å². The van der Waals surface area contributed by atoms with E-state index in [-0.39, 0.29) is 42.9 Å². The molecule has 2 aromatic rings. The quantitative estimate of drug-likeness (QED) is 0.878. The number of para-hydroxylation sites is 1. The third kappa shape index (κ3) is 4.08. The van der Waals surface area contributed by atoms with Crippen LogP contribution in [0, 0.1) is 0 Å². The number of rotatable bonds is 2. The second-order valence-corrected chi connectivity index (χ2v) is 4.91. The Bertz CT molecular complexity index is 639.